The van der Waals surface area contributed by atoms with E-state index in [0.717, 1.165) is 22.1 Å². The lowest BCUT2D eigenvalue weighted by atomic mass is 10.3. The first kappa shape index (κ1) is 7.49. The summed E-state index contributed by atoms with van der Waals surface area (Å²) in [4.78, 5) is 5.40. The lowest BCUT2D eigenvalue weighted by Crippen LogP contribution is -2.13. The fraction of sp³-hybridized carbons (Fsp3) is 0.125. The number of benzene rings is 1. The maximum absolute atomic E-state index is 5.63. The highest BCUT2D eigenvalue weighted by molar-refractivity contribution is 7.98. The van der Waals surface area contributed by atoms with Crippen LogP contribution in [0.15, 0.2) is 28.1 Å². The molecule has 4 heteroatoms. The van der Waals surface area contributed by atoms with Crippen molar-refractivity contribution in [1.82, 2.24) is 4.72 Å². The van der Waals surface area contributed by atoms with Crippen molar-refractivity contribution in [2.75, 3.05) is 5.73 Å². The van der Waals surface area contributed by atoms with Crippen molar-refractivity contribution in [3.63, 3.8) is 0 Å². The van der Waals surface area contributed by atoms with Gasteiger partial charge in [-0.15, -0.1) is 0 Å². The molecule has 2 rings (SSSR count). The molecule has 0 saturated carbocycles. The zero-order valence-corrected chi connectivity index (χ0v) is 7.48. The molecule has 0 fully saturated rings. The second-order valence-corrected chi connectivity index (χ2v) is 3.48. The molecule has 0 saturated heterocycles. The third-order valence-corrected chi connectivity index (χ3v) is 2.53. The van der Waals surface area contributed by atoms with E-state index in [2.05, 4.69) is 9.71 Å². The van der Waals surface area contributed by atoms with Crippen LogP contribution in [0, 0.1) is 0 Å². The Morgan fingerprint density at radius 3 is 3.17 bits per heavy atom. The largest absolute Gasteiger partial charge is 0.399 e. The minimum atomic E-state index is 0.776. The Bertz CT molecular complexity index is 346. The summed E-state index contributed by atoms with van der Waals surface area (Å²) < 4.78 is 3.08. The second kappa shape index (κ2) is 2.71. The molecule has 0 aliphatic carbocycles. The third kappa shape index (κ3) is 1.25. The first-order valence-electron chi connectivity index (χ1n) is 3.63. The monoisotopic (exact) mass is 179 g/mol. The van der Waals surface area contributed by atoms with Gasteiger partial charge in [-0.3, -0.25) is 0 Å². The molecule has 62 valence electrons. The molecule has 0 atom stereocenters. The Labute approximate surface area is 75.2 Å². The molecule has 1 aromatic rings. The van der Waals surface area contributed by atoms with E-state index in [4.69, 9.17) is 5.73 Å². The highest BCUT2D eigenvalue weighted by Crippen LogP contribution is 2.32. The number of hydrogen-bond acceptors (Lipinski definition) is 4. The van der Waals surface area contributed by atoms with Crippen molar-refractivity contribution >= 4 is 29.2 Å². The van der Waals surface area contributed by atoms with Crippen molar-refractivity contribution in [2.24, 2.45) is 4.99 Å². The number of fused-ring (bicyclic) bond motifs is 1. The van der Waals surface area contributed by atoms with E-state index in [-0.39, 0.29) is 0 Å². The Kier molecular flexibility index (Phi) is 1.69. The van der Waals surface area contributed by atoms with Gasteiger partial charge < -0.3 is 10.5 Å². The van der Waals surface area contributed by atoms with Gasteiger partial charge in [0.2, 0.25) is 0 Å². The lowest BCUT2D eigenvalue weighted by molar-refractivity contribution is 1.28. The average molecular weight is 179 g/mol. The molecule has 12 heavy (non-hydrogen) atoms. The molecular weight excluding hydrogens is 170 g/mol. The number of amidine groups is 1. The molecule has 1 aliphatic heterocycles. The SMILES string of the molecule is CC1=Nc2ccc(N)cc2SN1. The topological polar surface area (TPSA) is 50.4 Å². The van der Waals surface area contributed by atoms with Crippen molar-refractivity contribution in [3.8, 4) is 0 Å². The van der Waals surface area contributed by atoms with Crippen LogP contribution in [0.3, 0.4) is 0 Å². The van der Waals surface area contributed by atoms with Crippen LogP contribution in [0.5, 0.6) is 0 Å². The average Bonchev–Trinajstić information content (AvgIpc) is 2.05. The van der Waals surface area contributed by atoms with Gasteiger partial charge in [0.1, 0.15) is 5.84 Å². The molecule has 3 N–H and O–H groups in total. The summed E-state index contributed by atoms with van der Waals surface area (Å²) in [5.41, 5.74) is 7.39. The zero-order valence-electron chi connectivity index (χ0n) is 6.66. The smallest absolute Gasteiger partial charge is 0.109 e. The quantitative estimate of drug-likeness (QED) is 0.472. The summed E-state index contributed by atoms with van der Waals surface area (Å²) in [6.07, 6.45) is 0. The fourth-order valence-electron chi connectivity index (χ4n) is 1.04. The van der Waals surface area contributed by atoms with Crippen molar-refractivity contribution in [2.45, 2.75) is 11.8 Å². The summed E-state index contributed by atoms with van der Waals surface area (Å²) >= 11 is 1.55. The molecule has 0 unspecified atom stereocenters. The van der Waals surface area contributed by atoms with E-state index in [1.54, 1.807) is 11.9 Å². The summed E-state index contributed by atoms with van der Waals surface area (Å²) in [7, 11) is 0. The van der Waals surface area contributed by atoms with E-state index >= 15 is 0 Å². The van der Waals surface area contributed by atoms with Crippen LogP contribution in [-0.4, -0.2) is 5.84 Å². The number of nitrogen functional groups attached to an aromatic ring is 1. The molecule has 1 heterocycles. The second-order valence-electron chi connectivity index (χ2n) is 2.63. The first-order valence-corrected chi connectivity index (χ1v) is 4.45. The van der Waals surface area contributed by atoms with E-state index in [1.807, 2.05) is 25.1 Å². The first-order chi connectivity index (χ1) is 5.75. The normalized spacial score (nSPS) is 14.6. The van der Waals surface area contributed by atoms with Gasteiger partial charge in [-0.25, -0.2) is 4.99 Å². The van der Waals surface area contributed by atoms with Crippen LogP contribution in [0.25, 0.3) is 0 Å². The number of hydrogen-bond donors (Lipinski definition) is 2. The maximum atomic E-state index is 5.63. The number of aliphatic imine (C=N–C) groups is 1. The predicted molar refractivity (Wildman–Crippen MR) is 52.6 cm³/mol. The summed E-state index contributed by atoms with van der Waals surface area (Å²) in [6, 6.07) is 5.71. The Hall–Kier alpha value is -1.16. The zero-order chi connectivity index (χ0) is 8.55. The maximum Gasteiger partial charge on any atom is 0.109 e. The van der Waals surface area contributed by atoms with E-state index in [9.17, 15) is 0 Å². The van der Waals surface area contributed by atoms with Gasteiger partial charge in [-0.05, 0) is 37.1 Å². The van der Waals surface area contributed by atoms with Crippen LogP contribution >= 0.6 is 11.9 Å². The highest BCUT2D eigenvalue weighted by atomic mass is 32.2. The summed E-state index contributed by atoms with van der Waals surface area (Å²) in [6.45, 7) is 1.94. The van der Waals surface area contributed by atoms with Crippen molar-refractivity contribution in [3.05, 3.63) is 18.2 Å². The van der Waals surface area contributed by atoms with Gasteiger partial charge >= 0.3 is 0 Å². The number of nitrogens with two attached hydrogens (primary N) is 1. The van der Waals surface area contributed by atoms with Crippen LogP contribution in [0.2, 0.25) is 0 Å². The van der Waals surface area contributed by atoms with Crippen molar-refractivity contribution < 1.29 is 0 Å². The molecule has 0 amide bonds. The number of anilines is 1. The molecular formula is C8H9N3S. The standard InChI is InChI=1S/C8H9N3S/c1-5-10-7-3-2-6(9)4-8(7)12-11-5/h2-4H,9H2,1H3,(H,10,11). The van der Waals surface area contributed by atoms with E-state index in [1.165, 1.54) is 0 Å². The third-order valence-electron chi connectivity index (χ3n) is 1.58. The minimum absolute atomic E-state index is 0.776. The lowest BCUT2D eigenvalue weighted by Gasteiger charge is -2.13. The predicted octanol–water partition coefficient (Wildman–Crippen LogP) is 1.93. The van der Waals surface area contributed by atoms with E-state index < -0.39 is 0 Å². The van der Waals surface area contributed by atoms with Crippen LogP contribution < -0.4 is 10.5 Å². The van der Waals surface area contributed by atoms with Gasteiger partial charge in [0, 0.05) is 5.69 Å². The molecule has 1 aliphatic rings. The van der Waals surface area contributed by atoms with Crippen molar-refractivity contribution in [1.29, 1.82) is 0 Å². The van der Waals surface area contributed by atoms with E-state index in [0.29, 0.717) is 0 Å². The number of rotatable bonds is 0. The molecule has 0 aromatic heterocycles. The van der Waals surface area contributed by atoms with Gasteiger partial charge in [0.05, 0.1) is 10.6 Å². The molecule has 1 aromatic carbocycles. The summed E-state index contributed by atoms with van der Waals surface area (Å²) in [5.74, 6) is 0.928. The minimum Gasteiger partial charge on any atom is -0.399 e. The van der Waals surface area contributed by atoms with Crippen LogP contribution in [0.1, 0.15) is 6.92 Å². The van der Waals surface area contributed by atoms with Gasteiger partial charge in [0.25, 0.3) is 0 Å². The number of nitrogens with zero attached hydrogens (tertiary/aromatic N) is 1. The van der Waals surface area contributed by atoms with Gasteiger partial charge in [0.15, 0.2) is 0 Å². The molecule has 3 nitrogen and oxygen atoms in total. The highest BCUT2D eigenvalue weighted by Gasteiger charge is 2.08. The molecule has 0 bridgehead atoms. The summed E-state index contributed by atoms with van der Waals surface area (Å²) in [5, 5.41) is 0. The van der Waals surface area contributed by atoms with Gasteiger partial charge in [-0.1, -0.05) is 0 Å². The Morgan fingerprint density at radius 2 is 2.33 bits per heavy atom. The molecule has 0 spiro atoms. The van der Waals surface area contributed by atoms with Crippen LogP contribution in [-0.2, 0) is 0 Å². The fourth-order valence-corrected chi connectivity index (χ4v) is 1.75. The number of nitrogens with one attached hydrogen (secondary N) is 1. The molecule has 0 radical (unpaired) electrons. The Balaban J connectivity index is 2.51. The van der Waals surface area contributed by atoms with Crippen LogP contribution in [0.4, 0.5) is 11.4 Å². The Morgan fingerprint density at radius 1 is 1.50 bits per heavy atom. The van der Waals surface area contributed by atoms with Gasteiger partial charge in [-0.2, -0.15) is 0 Å².